The molecule has 0 fully saturated rings. The minimum atomic E-state index is -0.434. The molecule has 0 aliphatic heterocycles. The fourth-order valence-corrected chi connectivity index (χ4v) is 1.92. The maximum atomic E-state index is 8.95. The van der Waals surface area contributed by atoms with Gasteiger partial charge in [-0.25, -0.2) is 4.98 Å². The molecule has 0 saturated carbocycles. The van der Waals surface area contributed by atoms with E-state index in [4.69, 9.17) is 10.8 Å². The number of aliphatic hydroxyl groups excluding tert-OH is 1. The van der Waals surface area contributed by atoms with Gasteiger partial charge in [0.25, 0.3) is 0 Å². The van der Waals surface area contributed by atoms with E-state index in [0.717, 1.165) is 30.2 Å². The third-order valence-corrected chi connectivity index (χ3v) is 3.10. The second kappa shape index (κ2) is 6.09. The molecule has 1 aromatic heterocycles. The van der Waals surface area contributed by atoms with Gasteiger partial charge < -0.3 is 10.8 Å². The molecule has 1 heterocycles. The number of nitrogens with two attached hydrogens (primary N) is 1. The summed E-state index contributed by atoms with van der Waals surface area (Å²) in [6, 6.07) is 0. The SMILES string of the molecule is CC(N)(CO)CCCCSc1ncn[nH]1. The number of aromatic nitrogens is 3. The molecule has 0 aliphatic carbocycles. The smallest absolute Gasteiger partial charge is 0.183 e. The van der Waals surface area contributed by atoms with Crippen molar-refractivity contribution in [2.24, 2.45) is 5.73 Å². The fourth-order valence-electron chi connectivity index (χ4n) is 1.14. The largest absolute Gasteiger partial charge is 0.394 e. The normalized spacial score (nSPS) is 15.1. The monoisotopic (exact) mass is 230 g/mol. The Balaban J connectivity index is 2.03. The Labute approximate surface area is 93.9 Å². The van der Waals surface area contributed by atoms with Gasteiger partial charge >= 0.3 is 0 Å². The third-order valence-electron chi connectivity index (χ3n) is 2.14. The van der Waals surface area contributed by atoms with Crippen LogP contribution in [0.1, 0.15) is 26.2 Å². The molecule has 4 N–H and O–H groups in total. The van der Waals surface area contributed by atoms with Gasteiger partial charge in [-0.15, -0.1) is 0 Å². The molecule has 0 radical (unpaired) electrons. The first kappa shape index (κ1) is 12.5. The van der Waals surface area contributed by atoms with Crippen LogP contribution in [0.5, 0.6) is 0 Å². The van der Waals surface area contributed by atoms with Crippen LogP contribution in [-0.4, -0.2) is 38.2 Å². The van der Waals surface area contributed by atoms with Crippen molar-refractivity contribution in [3.8, 4) is 0 Å². The van der Waals surface area contributed by atoms with Crippen molar-refractivity contribution in [2.75, 3.05) is 12.4 Å². The minimum absolute atomic E-state index is 0.0439. The molecule has 0 aromatic carbocycles. The van der Waals surface area contributed by atoms with Gasteiger partial charge in [0, 0.05) is 11.3 Å². The van der Waals surface area contributed by atoms with Crippen LogP contribution in [0.15, 0.2) is 11.5 Å². The summed E-state index contributed by atoms with van der Waals surface area (Å²) in [5.74, 6) is 0.997. The van der Waals surface area contributed by atoms with Gasteiger partial charge in [0.2, 0.25) is 0 Å². The summed E-state index contributed by atoms with van der Waals surface area (Å²) < 4.78 is 0. The molecule has 1 unspecified atom stereocenters. The Morgan fingerprint density at radius 1 is 1.60 bits per heavy atom. The molecule has 0 saturated heterocycles. The van der Waals surface area contributed by atoms with Crippen molar-refractivity contribution in [3.05, 3.63) is 6.33 Å². The summed E-state index contributed by atoms with van der Waals surface area (Å²) in [4.78, 5) is 4.01. The van der Waals surface area contributed by atoms with E-state index in [0.29, 0.717) is 0 Å². The van der Waals surface area contributed by atoms with Crippen LogP contribution in [0.2, 0.25) is 0 Å². The Bertz CT molecular complexity index is 263. The van der Waals surface area contributed by atoms with E-state index in [2.05, 4.69) is 15.2 Å². The lowest BCUT2D eigenvalue weighted by Gasteiger charge is -2.20. The van der Waals surface area contributed by atoms with Gasteiger partial charge in [-0.05, 0) is 19.8 Å². The molecule has 6 heteroatoms. The number of aromatic amines is 1. The number of H-pyrrole nitrogens is 1. The van der Waals surface area contributed by atoms with Crippen LogP contribution in [0.25, 0.3) is 0 Å². The topological polar surface area (TPSA) is 87.8 Å². The van der Waals surface area contributed by atoms with E-state index in [-0.39, 0.29) is 6.61 Å². The number of hydrogen-bond acceptors (Lipinski definition) is 5. The van der Waals surface area contributed by atoms with Crippen LogP contribution in [0.4, 0.5) is 0 Å². The summed E-state index contributed by atoms with van der Waals surface area (Å²) in [5.41, 5.74) is 5.37. The van der Waals surface area contributed by atoms with Gasteiger partial charge in [-0.1, -0.05) is 18.2 Å². The predicted molar refractivity (Wildman–Crippen MR) is 60.6 cm³/mol. The molecule has 1 aromatic rings. The van der Waals surface area contributed by atoms with Crippen molar-refractivity contribution >= 4 is 11.8 Å². The Hall–Kier alpha value is -0.590. The summed E-state index contributed by atoms with van der Waals surface area (Å²) in [6.07, 6.45) is 4.44. The molecule has 86 valence electrons. The van der Waals surface area contributed by atoms with Crippen molar-refractivity contribution in [3.63, 3.8) is 0 Å². The number of nitrogens with one attached hydrogen (secondary N) is 1. The molecular weight excluding hydrogens is 212 g/mol. The molecule has 1 rings (SSSR count). The average molecular weight is 230 g/mol. The number of hydrogen-bond donors (Lipinski definition) is 3. The molecule has 5 nitrogen and oxygen atoms in total. The standard InChI is InChI=1S/C9H18N4OS/c1-9(10,6-14)4-2-3-5-15-8-11-7-12-13-8/h7,14H,2-6,10H2,1H3,(H,11,12,13). The quantitative estimate of drug-likeness (QED) is 0.476. The van der Waals surface area contributed by atoms with Gasteiger partial charge in [0.05, 0.1) is 6.61 Å². The summed E-state index contributed by atoms with van der Waals surface area (Å²) >= 11 is 1.65. The lowest BCUT2D eigenvalue weighted by molar-refractivity contribution is 0.198. The number of unbranched alkanes of at least 4 members (excludes halogenated alkanes) is 1. The maximum absolute atomic E-state index is 8.95. The van der Waals surface area contributed by atoms with E-state index in [1.165, 1.54) is 6.33 Å². The molecule has 0 spiro atoms. The molecule has 0 aliphatic rings. The zero-order chi connectivity index (χ0) is 11.1. The van der Waals surface area contributed by atoms with Crippen molar-refractivity contribution < 1.29 is 5.11 Å². The Morgan fingerprint density at radius 2 is 2.40 bits per heavy atom. The second-order valence-corrected chi connectivity index (χ2v) is 4.99. The van der Waals surface area contributed by atoms with E-state index in [9.17, 15) is 0 Å². The van der Waals surface area contributed by atoms with Gasteiger partial charge in [-0.2, -0.15) is 5.10 Å². The predicted octanol–water partition coefficient (Wildman–Crippen LogP) is 0.777. The molecule has 0 amide bonds. The second-order valence-electron chi connectivity index (χ2n) is 3.91. The first-order valence-electron chi connectivity index (χ1n) is 5.02. The summed E-state index contributed by atoms with van der Waals surface area (Å²) in [6.45, 7) is 1.92. The molecule has 1 atom stereocenters. The fraction of sp³-hybridized carbons (Fsp3) is 0.778. The van der Waals surface area contributed by atoms with Crippen molar-refractivity contribution in [1.29, 1.82) is 0 Å². The van der Waals surface area contributed by atoms with Crippen LogP contribution in [0.3, 0.4) is 0 Å². The first-order chi connectivity index (χ1) is 7.14. The van der Waals surface area contributed by atoms with Crippen molar-refractivity contribution in [2.45, 2.75) is 36.9 Å². The van der Waals surface area contributed by atoms with Crippen LogP contribution in [-0.2, 0) is 0 Å². The third kappa shape index (κ3) is 5.15. The summed E-state index contributed by atoms with van der Waals surface area (Å²) in [5, 5.41) is 16.4. The van der Waals surface area contributed by atoms with Crippen LogP contribution >= 0.6 is 11.8 Å². The van der Waals surface area contributed by atoms with Gasteiger partial charge in [0.15, 0.2) is 5.16 Å². The number of thioether (sulfide) groups is 1. The zero-order valence-corrected chi connectivity index (χ0v) is 9.76. The van der Waals surface area contributed by atoms with E-state index in [1.54, 1.807) is 11.8 Å². The number of aliphatic hydroxyl groups is 1. The van der Waals surface area contributed by atoms with E-state index < -0.39 is 5.54 Å². The molecular formula is C9H18N4OS. The van der Waals surface area contributed by atoms with Crippen LogP contribution < -0.4 is 5.73 Å². The minimum Gasteiger partial charge on any atom is -0.394 e. The lowest BCUT2D eigenvalue weighted by Crippen LogP contribution is -2.39. The highest BCUT2D eigenvalue weighted by Gasteiger charge is 2.15. The first-order valence-corrected chi connectivity index (χ1v) is 6.00. The van der Waals surface area contributed by atoms with E-state index in [1.807, 2.05) is 6.92 Å². The highest BCUT2D eigenvalue weighted by atomic mass is 32.2. The van der Waals surface area contributed by atoms with Gasteiger partial charge in [-0.3, -0.25) is 5.10 Å². The number of nitrogens with zero attached hydrogens (tertiary/aromatic N) is 2. The van der Waals surface area contributed by atoms with Crippen LogP contribution in [0, 0.1) is 0 Å². The average Bonchev–Trinajstić information content (AvgIpc) is 2.70. The molecule has 15 heavy (non-hydrogen) atoms. The highest BCUT2D eigenvalue weighted by molar-refractivity contribution is 7.99. The molecule has 0 bridgehead atoms. The number of rotatable bonds is 7. The van der Waals surface area contributed by atoms with E-state index >= 15 is 0 Å². The lowest BCUT2D eigenvalue weighted by atomic mass is 9.98. The van der Waals surface area contributed by atoms with Crippen molar-refractivity contribution in [1.82, 2.24) is 15.2 Å². The highest BCUT2D eigenvalue weighted by Crippen LogP contribution is 2.16. The maximum Gasteiger partial charge on any atom is 0.183 e. The Kier molecular flexibility index (Phi) is 5.07. The summed E-state index contributed by atoms with van der Waals surface area (Å²) in [7, 11) is 0. The Morgan fingerprint density at radius 3 is 3.00 bits per heavy atom. The zero-order valence-electron chi connectivity index (χ0n) is 8.94. The van der Waals surface area contributed by atoms with Gasteiger partial charge in [0.1, 0.15) is 6.33 Å².